The first-order chi connectivity index (χ1) is 20.5. The molecule has 0 aromatic heterocycles. The Morgan fingerprint density at radius 3 is 2.05 bits per heavy atom. The lowest BCUT2D eigenvalue weighted by Gasteiger charge is -2.32. The summed E-state index contributed by atoms with van der Waals surface area (Å²) in [5.74, 6) is -0.126. The Labute approximate surface area is 254 Å². The van der Waals surface area contributed by atoms with Gasteiger partial charge < -0.3 is 19.7 Å². The molecule has 230 valence electrons. The summed E-state index contributed by atoms with van der Waals surface area (Å²) in [4.78, 5) is 28.9. The first-order valence-corrected chi connectivity index (χ1v) is 15.9. The lowest BCUT2D eigenvalue weighted by atomic mass is 10.1. The van der Waals surface area contributed by atoms with E-state index in [-0.39, 0.29) is 29.1 Å². The van der Waals surface area contributed by atoms with Crippen molar-refractivity contribution in [2.45, 2.75) is 70.0 Å². The van der Waals surface area contributed by atoms with Crippen LogP contribution < -0.4 is 19.1 Å². The van der Waals surface area contributed by atoms with E-state index in [2.05, 4.69) is 5.32 Å². The second kappa shape index (κ2) is 13.9. The topological polar surface area (TPSA) is 105 Å². The predicted octanol–water partition coefficient (Wildman–Crippen LogP) is 4.99. The maximum absolute atomic E-state index is 14.2. The number of carbonyl (C=O) groups is 2. The van der Waals surface area contributed by atoms with E-state index in [4.69, 9.17) is 9.47 Å². The molecule has 0 spiro atoms. The molecule has 0 unspecified atom stereocenters. The number of ether oxygens (including phenoxy) is 2. The number of anilines is 1. The molecule has 2 amide bonds. The van der Waals surface area contributed by atoms with Gasteiger partial charge in [-0.15, -0.1) is 0 Å². The van der Waals surface area contributed by atoms with Gasteiger partial charge in [0.2, 0.25) is 11.8 Å². The molecule has 0 saturated heterocycles. The summed E-state index contributed by atoms with van der Waals surface area (Å²) < 4.78 is 40.0. The molecular weight excluding hydrogens is 566 g/mol. The molecule has 1 fully saturated rings. The number of nitrogens with one attached hydrogen (secondary N) is 1. The number of sulfonamides is 1. The Hall–Kier alpha value is -4.05. The summed E-state index contributed by atoms with van der Waals surface area (Å²) in [5, 5.41) is 3.09. The van der Waals surface area contributed by atoms with Crippen molar-refractivity contribution in [1.82, 2.24) is 10.2 Å². The minimum Gasteiger partial charge on any atom is -0.493 e. The maximum Gasteiger partial charge on any atom is 0.264 e. The van der Waals surface area contributed by atoms with Gasteiger partial charge in [0, 0.05) is 18.7 Å². The highest BCUT2D eigenvalue weighted by Gasteiger charge is 2.33. The van der Waals surface area contributed by atoms with Crippen LogP contribution in [0.1, 0.15) is 49.3 Å². The highest BCUT2D eigenvalue weighted by Crippen LogP contribution is 2.32. The number of carbonyl (C=O) groups excluding carboxylic acids is 2. The summed E-state index contributed by atoms with van der Waals surface area (Å²) in [6.07, 6.45) is 3.94. The molecule has 1 aliphatic carbocycles. The number of benzene rings is 3. The van der Waals surface area contributed by atoms with Crippen LogP contribution in [-0.4, -0.2) is 58.0 Å². The Morgan fingerprint density at radius 1 is 0.884 bits per heavy atom. The van der Waals surface area contributed by atoms with Crippen molar-refractivity contribution in [3.05, 3.63) is 83.4 Å². The fourth-order valence-electron chi connectivity index (χ4n) is 5.21. The number of nitrogens with zero attached hydrogens (tertiary/aromatic N) is 2. The Bertz CT molecular complexity index is 1520. The Morgan fingerprint density at radius 2 is 1.47 bits per heavy atom. The molecule has 1 saturated carbocycles. The molecule has 43 heavy (non-hydrogen) atoms. The average Bonchev–Trinajstić information content (AvgIpc) is 3.52. The highest BCUT2D eigenvalue weighted by atomic mass is 32.2. The van der Waals surface area contributed by atoms with Crippen molar-refractivity contribution in [3.8, 4) is 11.5 Å². The zero-order valence-electron chi connectivity index (χ0n) is 25.5. The van der Waals surface area contributed by atoms with E-state index in [0.29, 0.717) is 11.4 Å². The van der Waals surface area contributed by atoms with Gasteiger partial charge in [0.1, 0.15) is 12.6 Å². The van der Waals surface area contributed by atoms with E-state index in [1.807, 2.05) is 38.1 Å². The second-order valence-corrected chi connectivity index (χ2v) is 12.9. The van der Waals surface area contributed by atoms with E-state index in [0.717, 1.165) is 46.7 Å². The minimum absolute atomic E-state index is 0.0596. The molecule has 3 aromatic rings. The van der Waals surface area contributed by atoms with E-state index >= 15 is 0 Å². The predicted molar refractivity (Wildman–Crippen MR) is 167 cm³/mol. The molecular formula is C33H41N3O6S. The van der Waals surface area contributed by atoms with E-state index in [9.17, 15) is 18.0 Å². The number of methoxy groups -OCH3 is 2. The third-order valence-electron chi connectivity index (χ3n) is 7.89. The molecule has 4 rings (SSSR count). The fraction of sp³-hybridized carbons (Fsp3) is 0.394. The van der Waals surface area contributed by atoms with Crippen molar-refractivity contribution in [1.29, 1.82) is 0 Å². The number of amides is 2. The third kappa shape index (κ3) is 7.67. The highest BCUT2D eigenvalue weighted by molar-refractivity contribution is 7.92. The lowest BCUT2D eigenvalue weighted by Crippen LogP contribution is -2.52. The maximum atomic E-state index is 14.2. The van der Waals surface area contributed by atoms with E-state index in [1.165, 1.54) is 37.3 Å². The van der Waals surface area contributed by atoms with Gasteiger partial charge >= 0.3 is 0 Å². The Kier molecular flexibility index (Phi) is 10.3. The van der Waals surface area contributed by atoms with Crippen LogP contribution in [0.25, 0.3) is 0 Å². The first-order valence-electron chi connectivity index (χ1n) is 14.5. The van der Waals surface area contributed by atoms with Crippen LogP contribution in [0.15, 0.2) is 71.6 Å². The molecule has 0 bridgehead atoms. The number of hydrogen-bond acceptors (Lipinski definition) is 6. The van der Waals surface area contributed by atoms with Crippen molar-refractivity contribution in [2.75, 3.05) is 25.1 Å². The monoisotopic (exact) mass is 607 g/mol. The molecule has 1 N–H and O–H groups in total. The van der Waals surface area contributed by atoms with Gasteiger partial charge in [-0.25, -0.2) is 8.42 Å². The summed E-state index contributed by atoms with van der Waals surface area (Å²) >= 11 is 0. The zero-order chi connectivity index (χ0) is 31.1. The van der Waals surface area contributed by atoms with Crippen LogP contribution in [-0.2, 0) is 26.2 Å². The normalized spacial score (nSPS) is 14.2. The van der Waals surface area contributed by atoms with Gasteiger partial charge in [-0.1, -0.05) is 60.4 Å². The lowest BCUT2D eigenvalue weighted by molar-refractivity contribution is -0.139. The van der Waals surface area contributed by atoms with Gasteiger partial charge in [-0.2, -0.15) is 0 Å². The van der Waals surface area contributed by atoms with Gasteiger partial charge in [-0.05, 0) is 63.4 Å². The minimum atomic E-state index is -4.25. The smallest absolute Gasteiger partial charge is 0.264 e. The quantitative estimate of drug-likeness (QED) is 0.311. The van der Waals surface area contributed by atoms with Crippen LogP contribution in [0.4, 0.5) is 5.69 Å². The van der Waals surface area contributed by atoms with Gasteiger partial charge in [0.15, 0.2) is 11.5 Å². The van der Waals surface area contributed by atoms with Crippen LogP contribution in [0.3, 0.4) is 0 Å². The number of rotatable bonds is 12. The van der Waals surface area contributed by atoms with Crippen molar-refractivity contribution in [2.24, 2.45) is 0 Å². The molecule has 10 heteroatoms. The van der Waals surface area contributed by atoms with E-state index < -0.39 is 28.5 Å². The van der Waals surface area contributed by atoms with Crippen molar-refractivity contribution < 1.29 is 27.5 Å². The summed E-state index contributed by atoms with van der Waals surface area (Å²) in [7, 11) is -1.35. The molecule has 0 radical (unpaired) electrons. The molecule has 0 aliphatic heterocycles. The van der Waals surface area contributed by atoms with Crippen LogP contribution >= 0.6 is 0 Å². The largest absolute Gasteiger partial charge is 0.493 e. The second-order valence-electron chi connectivity index (χ2n) is 11.0. The first kappa shape index (κ1) is 31.9. The summed E-state index contributed by atoms with van der Waals surface area (Å²) in [5.41, 5.74) is 3.17. The molecule has 1 aliphatic rings. The van der Waals surface area contributed by atoms with Gasteiger partial charge in [-0.3, -0.25) is 13.9 Å². The number of aryl methyl sites for hydroxylation is 2. The molecule has 0 heterocycles. The Balaban J connectivity index is 1.71. The third-order valence-corrected chi connectivity index (χ3v) is 9.66. The van der Waals surface area contributed by atoms with Gasteiger partial charge in [0.25, 0.3) is 10.0 Å². The van der Waals surface area contributed by atoms with Crippen LogP contribution in [0.2, 0.25) is 0 Å². The van der Waals surface area contributed by atoms with Crippen LogP contribution in [0, 0.1) is 13.8 Å². The standard InChI is InChI=1S/C33H41N3O6S/c1-23-10-14-26(15-11-23)21-35(25(3)33(38)34-27-8-6-7-9-27)32(37)22-36(28-16-12-24(2)13-17-28)43(39,40)29-18-19-30(41-4)31(20-29)42-5/h10-20,25,27H,6-9,21-22H2,1-5H3,(H,34,38)/t25-/m0/s1. The molecule has 3 aromatic carbocycles. The van der Waals surface area contributed by atoms with Crippen molar-refractivity contribution in [3.63, 3.8) is 0 Å². The van der Waals surface area contributed by atoms with Crippen molar-refractivity contribution >= 4 is 27.5 Å². The van der Waals surface area contributed by atoms with E-state index in [1.54, 1.807) is 31.2 Å². The average molecular weight is 608 g/mol. The SMILES string of the molecule is COc1ccc(S(=O)(=O)N(CC(=O)N(Cc2ccc(C)cc2)[C@@H](C)C(=O)NC2CCCC2)c2ccc(C)cc2)cc1OC. The summed E-state index contributed by atoms with van der Waals surface area (Å²) in [6.45, 7) is 5.21. The molecule has 1 atom stereocenters. The van der Waals surface area contributed by atoms with Crippen LogP contribution in [0.5, 0.6) is 11.5 Å². The van der Waals surface area contributed by atoms with Gasteiger partial charge in [0.05, 0.1) is 24.8 Å². The number of hydrogen-bond donors (Lipinski definition) is 1. The zero-order valence-corrected chi connectivity index (χ0v) is 26.3. The fourth-order valence-corrected chi connectivity index (χ4v) is 6.64. The molecule has 9 nitrogen and oxygen atoms in total. The summed E-state index contributed by atoms with van der Waals surface area (Å²) in [6, 6.07) is 18.2.